The molecule has 2 saturated heterocycles. The minimum atomic E-state index is -2.98. The first-order valence-corrected chi connectivity index (χ1v) is 8.05. The predicted molar refractivity (Wildman–Crippen MR) is 70.0 cm³/mol. The summed E-state index contributed by atoms with van der Waals surface area (Å²) in [6, 6.07) is 7.79. The molecule has 0 saturated carbocycles. The Morgan fingerprint density at radius 2 is 1.61 bits per heavy atom. The van der Waals surface area contributed by atoms with Gasteiger partial charge in [0.05, 0.1) is 16.1 Å². The Kier molecular flexibility index (Phi) is 2.58. The van der Waals surface area contributed by atoms with Crippen molar-refractivity contribution in [3.63, 3.8) is 0 Å². The van der Waals surface area contributed by atoms with Crippen molar-refractivity contribution in [1.82, 2.24) is 0 Å². The molecule has 1 aromatic carbocycles. The van der Waals surface area contributed by atoms with E-state index in [1.807, 2.05) is 31.2 Å². The van der Waals surface area contributed by atoms with E-state index in [-0.39, 0.29) is 10.5 Å². The number of rotatable bonds is 1. The molecule has 2 aliphatic rings. The van der Waals surface area contributed by atoms with Gasteiger partial charge in [0.25, 0.3) is 0 Å². The SMILES string of the molecule is Cc1ccc(C2(O)CC3CCC(C2)S3(=O)=O)cc1. The van der Waals surface area contributed by atoms with Crippen molar-refractivity contribution in [3.8, 4) is 0 Å². The Morgan fingerprint density at radius 1 is 1.11 bits per heavy atom. The lowest BCUT2D eigenvalue weighted by molar-refractivity contribution is 0.0173. The minimum absolute atomic E-state index is 0.345. The molecule has 1 aromatic rings. The van der Waals surface area contributed by atoms with E-state index in [1.165, 1.54) is 0 Å². The van der Waals surface area contributed by atoms with Gasteiger partial charge in [0.2, 0.25) is 0 Å². The summed E-state index contributed by atoms with van der Waals surface area (Å²) in [4.78, 5) is 0. The first-order valence-electron chi connectivity index (χ1n) is 6.44. The van der Waals surface area contributed by atoms with Crippen molar-refractivity contribution >= 4 is 9.84 Å². The van der Waals surface area contributed by atoms with E-state index >= 15 is 0 Å². The molecule has 18 heavy (non-hydrogen) atoms. The summed E-state index contributed by atoms with van der Waals surface area (Å²) in [6.07, 6.45) is 2.13. The Morgan fingerprint density at radius 3 is 2.11 bits per heavy atom. The van der Waals surface area contributed by atoms with Crippen LogP contribution in [0.15, 0.2) is 24.3 Å². The highest BCUT2D eigenvalue weighted by Crippen LogP contribution is 2.47. The van der Waals surface area contributed by atoms with Gasteiger partial charge in [-0.1, -0.05) is 29.8 Å². The van der Waals surface area contributed by atoms with Crippen LogP contribution in [0, 0.1) is 6.92 Å². The number of hydrogen-bond acceptors (Lipinski definition) is 3. The Balaban J connectivity index is 1.97. The molecular formula is C14H18O3S. The molecule has 2 unspecified atom stereocenters. The van der Waals surface area contributed by atoms with E-state index in [0.29, 0.717) is 25.7 Å². The van der Waals surface area contributed by atoms with Crippen LogP contribution in [0.1, 0.15) is 36.8 Å². The van der Waals surface area contributed by atoms with Gasteiger partial charge in [-0.25, -0.2) is 8.42 Å². The van der Waals surface area contributed by atoms with Crippen LogP contribution in [-0.4, -0.2) is 24.0 Å². The van der Waals surface area contributed by atoms with Gasteiger partial charge in [-0.15, -0.1) is 0 Å². The maximum Gasteiger partial charge on any atom is 0.156 e. The number of benzene rings is 1. The second kappa shape index (κ2) is 3.81. The zero-order chi connectivity index (χ0) is 13.0. The largest absolute Gasteiger partial charge is 0.385 e. The molecule has 2 fully saturated rings. The molecule has 0 aliphatic carbocycles. The third-order valence-electron chi connectivity index (χ3n) is 4.46. The van der Waals surface area contributed by atoms with E-state index in [0.717, 1.165) is 11.1 Å². The lowest BCUT2D eigenvalue weighted by Gasteiger charge is -2.36. The highest BCUT2D eigenvalue weighted by Gasteiger charge is 2.53. The molecule has 0 aromatic heterocycles. The van der Waals surface area contributed by atoms with Gasteiger partial charge in [-0.3, -0.25) is 0 Å². The fourth-order valence-electron chi connectivity index (χ4n) is 3.35. The monoisotopic (exact) mass is 266 g/mol. The average Bonchev–Trinajstić information content (AvgIpc) is 2.51. The molecule has 2 aliphatic heterocycles. The van der Waals surface area contributed by atoms with Gasteiger partial charge in [0.15, 0.2) is 9.84 Å². The summed E-state index contributed by atoms with van der Waals surface area (Å²) < 4.78 is 24.1. The zero-order valence-corrected chi connectivity index (χ0v) is 11.3. The molecule has 2 bridgehead atoms. The van der Waals surface area contributed by atoms with Crippen molar-refractivity contribution in [2.45, 2.75) is 48.7 Å². The maximum atomic E-state index is 12.0. The van der Waals surface area contributed by atoms with Crippen molar-refractivity contribution in [2.24, 2.45) is 0 Å². The van der Waals surface area contributed by atoms with Crippen molar-refractivity contribution in [1.29, 1.82) is 0 Å². The van der Waals surface area contributed by atoms with Gasteiger partial charge in [0, 0.05) is 0 Å². The molecule has 98 valence electrons. The Labute approximate surface area is 108 Å². The summed E-state index contributed by atoms with van der Waals surface area (Å²) in [5.74, 6) is 0. The van der Waals surface area contributed by atoms with E-state index < -0.39 is 15.4 Å². The van der Waals surface area contributed by atoms with Gasteiger partial charge < -0.3 is 5.11 Å². The van der Waals surface area contributed by atoms with E-state index in [4.69, 9.17) is 0 Å². The zero-order valence-electron chi connectivity index (χ0n) is 10.5. The second-order valence-corrected chi connectivity index (χ2v) is 8.23. The van der Waals surface area contributed by atoms with Gasteiger partial charge in [-0.05, 0) is 38.2 Å². The summed E-state index contributed by atoms with van der Waals surface area (Å²) in [5, 5.41) is 10.1. The fourth-order valence-corrected chi connectivity index (χ4v) is 5.83. The number of aliphatic hydroxyl groups is 1. The lowest BCUT2D eigenvalue weighted by atomic mass is 9.85. The molecule has 0 spiro atoms. The van der Waals surface area contributed by atoms with Crippen LogP contribution in [0.2, 0.25) is 0 Å². The molecule has 2 atom stereocenters. The van der Waals surface area contributed by atoms with Gasteiger partial charge in [-0.2, -0.15) is 0 Å². The third-order valence-corrected chi connectivity index (χ3v) is 7.12. The number of sulfone groups is 1. The molecule has 0 amide bonds. The molecule has 3 nitrogen and oxygen atoms in total. The fraction of sp³-hybridized carbons (Fsp3) is 0.571. The Hall–Kier alpha value is -0.870. The second-order valence-electron chi connectivity index (χ2n) is 5.72. The topological polar surface area (TPSA) is 54.4 Å². The molecule has 4 heteroatoms. The average molecular weight is 266 g/mol. The minimum Gasteiger partial charge on any atom is -0.385 e. The summed E-state index contributed by atoms with van der Waals surface area (Å²) in [7, 11) is -2.98. The van der Waals surface area contributed by atoms with Gasteiger partial charge >= 0.3 is 0 Å². The van der Waals surface area contributed by atoms with Crippen LogP contribution in [0.25, 0.3) is 0 Å². The van der Waals surface area contributed by atoms with Crippen LogP contribution < -0.4 is 0 Å². The van der Waals surface area contributed by atoms with Crippen LogP contribution in [0.3, 0.4) is 0 Å². The predicted octanol–water partition coefficient (Wildman–Crippen LogP) is 1.92. The van der Waals surface area contributed by atoms with E-state index in [2.05, 4.69) is 0 Å². The highest BCUT2D eigenvalue weighted by atomic mass is 32.2. The highest BCUT2D eigenvalue weighted by molar-refractivity contribution is 7.93. The van der Waals surface area contributed by atoms with Crippen LogP contribution >= 0.6 is 0 Å². The maximum absolute atomic E-state index is 12.0. The first kappa shape index (κ1) is 12.2. The smallest absolute Gasteiger partial charge is 0.156 e. The van der Waals surface area contributed by atoms with Crippen molar-refractivity contribution in [3.05, 3.63) is 35.4 Å². The van der Waals surface area contributed by atoms with Crippen LogP contribution in [-0.2, 0) is 15.4 Å². The van der Waals surface area contributed by atoms with Crippen LogP contribution in [0.5, 0.6) is 0 Å². The normalized spacial score (nSPS) is 37.7. The Bertz CT molecular complexity index is 539. The molecule has 2 heterocycles. The standard InChI is InChI=1S/C14H18O3S/c1-10-2-4-11(5-3-10)14(15)8-12-6-7-13(9-14)18(12,16)17/h2-5,12-13,15H,6-9H2,1H3. The van der Waals surface area contributed by atoms with E-state index in [9.17, 15) is 13.5 Å². The lowest BCUT2D eigenvalue weighted by Crippen LogP contribution is -2.43. The molecule has 0 radical (unpaired) electrons. The third kappa shape index (κ3) is 1.70. The quantitative estimate of drug-likeness (QED) is 0.845. The van der Waals surface area contributed by atoms with Gasteiger partial charge in [0.1, 0.15) is 0 Å². The first-order chi connectivity index (χ1) is 8.42. The molecule has 3 rings (SSSR count). The number of fused-ring (bicyclic) bond motifs is 2. The van der Waals surface area contributed by atoms with Crippen molar-refractivity contribution < 1.29 is 13.5 Å². The number of aryl methyl sites for hydroxylation is 1. The van der Waals surface area contributed by atoms with Crippen LogP contribution in [0.4, 0.5) is 0 Å². The molecular weight excluding hydrogens is 248 g/mol. The summed E-state index contributed by atoms with van der Waals surface area (Å²) >= 11 is 0. The van der Waals surface area contributed by atoms with E-state index in [1.54, 1.807) is 0 Å². The number of hydrogen-bond donors (Lipinski definition) is 1. The summed E-state index contributed by atoms with van der Waals surface area (Å²) in [6.45, 7) is 2.00. The summed E-state index contributed by atoms with van der Waals surface area (Å²) in [5.41, 5.74) is 1.05. The van der Waals surface area contributed by atoms with Crippen molar-refractivity contribution in [2.75, 3.05) is 0 Å². The molecule has 1 N–H and O–H groups in total.